The lowest BCUT2D eigenvalue weighted by Gasteiger charge is -2.22. The van der Waals surface area contributed by atoms with Crippen LogP contribution in [0.2, 0.25) is 0 Å². The third-order valence-corrected chi connectivity index (χ3v) is 4.98. The maximum Gasteiger partial charge on any atom is 0.227 e. The summed E-state index contributed by atoms with van der Waals surface area (Å²) in [5, 5.41) is 0. The molecule has 0 spiro atoms. The molecule has 0 N–H and O–H groups in total. The van der Waals surface area contributed by atoms with Crippen LogP contribution in [-0.4, -0.2) is 15.4 Å². The fraction of sp³-hybridized carbons (Fsp3) is 0.286. The Kier molecular flexibility index (Phi) is 4.18. The van der Waals surface area contributed by atoms with E-state index in [1.807, 2.05) is 54.5 Å². The highest BCUT2D eigenvalue weighted by atomic mass is 16.3. The lowest BCUT2D eigenvalue weighted by atomic mass is 10.1. The number of rotatable bonds is 6. The van der Waals surface area contributed by atoms with Crippen LogP contribution >= 0.6 is 0 Å². The number of hydrogen-bond acceptors (Lipinski definition) is 2. The van der Waals surface area contributed by atoms with Crippen LogP contribution in [0, 0.1) is 5.92 Å². The number of carbonyl (C=O) groups is 1. The number of nitrogens with zero attached hydrogens (tertiary/aromatic N) is 2. The number of benzene rings is 1. The van der Waals surface area contributed by atoms with E-state index in [1.165, 1.54) is 5.56 Å². The zero-order valence-electron chi connectivity index (χ0n) is 14.3. The van der Waals surface area contributed by atoms with Crippen molar-refractivity contribution in [1.29, 1.82) is 0 Å². The summed E-state index contributed by atoms with van der Waals surface area (Å²) in [5.41, 5.74) is 2.38. The quantitative estimate of drug-likeness (QED) is 0.684. The molecule has 1 saturated carbocycles. The summed E-state index contributed by atoms with van der Waals surface area (Å²) in [6, 6.07) is 18.2. The van der Waals surface area contributed by atoms with Crippen molar-refractivity contribution < 1.29 is 9.21 Å². The molecular formula is C21H22N2O2. The predicted molar refractivity (Wildman–Crippen MR) is 95.7 cm³/mol. The molecule has 0 radical (unpaired) electrons. The Labute approximate surface area is 147 Å². The minimum Gasteiger partial charge on any atom is -0.467 e. The van der Waals surface area contributed by atoms with Crippen molar-refractivity contribution >= 4 is 5.91 Å². The van der Waals surface area contributed by atoms with E-state index < -0.39 is 0 Å². The van der Waals surface area contributed by atoms with Crippen LogP contribution < -0.4 is 0 Å². The molecule has 1 amide bonds. The standard InChI is InChI=1S/C21H22N2O2/c1-22-11-5-9-17(22)14-23(15-18-10-6-12-25-18)21(24)20-13-19(20)16-7-3-2-4-8-16/h2-12,19-20H,13-15H2,1H3. The first-order valence-electron chi connectivity index (χ1n) is 8.68. The second kappa shape index (κ2) is 6.63. The molecule has 3 aromatic rings. The van der Waals surface area contributed by atoms with Gasteiger partial charge < -0.3 is 13.9 Å². The summed E-state index contributed by atoms with van der Waals surface area (Å²) in [6.07, 6.45) is 4.60. The van der Waals surface area contributed by atoms with Crippen molar-refractivity contribution in [3.8, 4) is 0 Å². The predicted octanol–water partition coefficient (Wildman–Crippen LogP) is 3.95. The van der Waals surface area contributed by atoms with Gasteiger partial charge in [0.1, 0.15) is 5.76 Å². The second-order valence-corrected chi connectivity index (χ2v) is 6.74. The summed E-state index contributed by atoms with van der Waals surface area (Å²) in [7, 11) is 2.01. The second-order valence-electron chi connectivity index (χ2n) is 6.74. The molecule has 4 nitrogen and oxygen atoms in total. The minimum absolute atomic E-state index is 0.0811. The molecule has 0 aliphatic heterocycles. The molecular weight excluding hydrogens is 312 g/mol. The van der Waals surface area contributed by atoms with E-state index in [0.717, 1.165) is 17.9 Å². The van der Waals surface area contributed by atoms with Gasteiger partial charge in [-0.1, -0.05) is 30.3 Å². The lowest BCUT2D eigenvalue weighted by molar-refractivity contribution is -0.134. The average molecular weight is 334 g/mol. The molecule has 0 bridgehead atoms. The Bertz CT molecular complexity index is 836. The van der Waals surface area contributed by atoms with Crippen molar-refractivity contribution in [2.24, 2.45) is 13.0 Å². The number of carbonyl (C=O) groups excluding carboxylic acids is 1. The van der Waals surface area contributed by atoms with E-state index in [-0.39, 0.29) is 11.8 Å². The highest BCUT2D eigenvalue weighted by Crippen LogP contribution is 2.48. The Morgan fingerprint density at radius 1 is 1.12 bits per heavy atom. The Morgan fingerprint density at radius 2 is 1.96 bits per heavy atom. The maximum atomic E-state index is 13.1. The molecule has 0 saturated heterocycles. The fourth-order valence-electron chi connectivity index (χ4n) is 3.43. The van der Waals surface area contributed by atoms with Crippen LogP contribution in [0.15, 0.2) is 71.5 Å². The van der Waals surface area contributed by atoms with Crippen molar-refractivity contribution in [3.05, 3.63) is 84.1 Å². The summed E-state index contributed by atoms with van der Waals surface area (Å²) < 4.78 is 7.53. The number of aromatic nitrogens is 1. The molecule has 2 heterocycles. The minimum atomic E-state index is 0.0811. The zero-order valence-corrected chi connectivity index (χ0v) is 14.3. The number of furan rings is 1. The summed E-state index contributed by atoms with van der Waals surface area (Å²) in [4.78, 5) is 15.0. The molecule has 4 heteroatoms. The van der Waals surface area contributed by atoms with Crippen LogP contribution in [0.5, 0.6) is 0 Å². The highest BCUT2D eigenvalue weighted by Gasteiger charge is 2.45. The van der Waals surface area contributed by atoms with Gasteiger partial charge in [-0.15, -0.1) is 0 Å². The van der Waals surface area contributed by atoms with Crippen molar-refractivity contribution in [2.75, 3.05) is 0 Å². The summed E-state index contributed by atoms with van der Waals surface area (Å²) in [6.45, 7) is 1.11. The molecule has 2 atom stereocenters. The van der Waals surface area contributed by atoms with Gasteiger partial charge in [0.2, 0.25) is 5.91 Å². The highest BCUT2D eigenvalue weighted by molar-refractivity contribution is 5.83. The third kappa shape index (κ3) is 3.38. The van der Waals surface area contributed by atoms with E-state index in [4.69, 9.17) is 4.42 Å². The molecule has 2 unspecified atom stereocenters. The number of aryl methyl sites for hydroxylation is 1. The van der Waals surface area contributed by atoms with Gasteiger partial charge in [0.05, 0.1) is 19.4 Å². The largest absolute Gasteiger partial charge is 0.467 e. The van der Waals surface area contributed by atoms with E-state index >= 15 is 0 Å². The molecule has 1 aliphatic rings. The molecule has 128 valence electrons. The number of amides is 1. The van der Waals surface area contributed by atoms with E-state index in [2.05, 4.69) is 22.8 Å². The first kappa shape index (κ1) is 15.8. The fourth-order valence-corrected chi connectivity index (χ4v) is 3.43. The Balaban J connectivity index is 1.51. The lowest BCUT2D eigenvalue weighted by Crippen LogP contribution is -2.32. The van der Waals surface area contributed by atoms with Crippen LogP contribution in [0.3, 0.4) is 0 Å². The van der Waals surface area contributed by atoms with E-state index in [0.29, 0.717) is 19.0 Å². The van der Waals surface area contributed by atoms with Crippen molar-refractivity contribution in [2.45, 2.75) is 25.4 Å². The topological polar surface area (TPSA) is 38.4 Å². The van der Waals surface area contributed by atoms with Gasteiger partial charge in [0.25, 0.3) is 0 Å². The van der Waals surface area contributed by atoms with Gasteiger partial charge in [-0.3, -0.25) is 4.79 Å². The monoisotopic (exact) mass is 334 g/mol. The van der Waals surface area contributed by atoms with E-state index in [1.54, 1.807) is 6.26 Å². The Hall–Kier alpha value is -2.75. The zero-order chi connectivity index (χ0) is 17.2. The van der Waals surface area contributed by atoms with Gasteiger partial charge in [-0.25, -0.2) is 0 Å². The van der Waals surface area contributed by atoms with Crippen LogP contribution in [0.25, 0.3) is 0 Å². The molecule has 4 rings (SSSR count). The summed E-state index contributed by atoms with van der Waals surface area (Å²) >= 11 is 0. The first-order chi connectivity index (χ1) is 12.2. The van der Waals surface area contributed by atoms with Crippen LogP contribution in [0.1, 0.15) is 29.4 Å². The Morgan fingerprint density at radius 3 is 2.64 bits per heavy atom. The first-order valence-corrected chi connectivity index (χ1v) is 8.68. The van der Waals surface area contributed by atoms with Gasteiger partial charge >= 0.3 is 0 Å². The average Bonchev–Trinajstić information content (AvgIpc) is 3.08. The molecule has 1 aromatic carbocycles. The van der Waals surface area contributed by atoms with Crippen molar-refractivity contribution in [3.63, 3.8) is 0 Å². The maximum absolute atomic E-state index is 13.1. The van der Waals surface area contributed by atoms with Crippen LogP contribution in [-0.2, 0) is 24.9 Å². The normalized spacial score (nSPS) is 18.9. The van der Waals surface area contributed by atoms with Crippen LogP contribution in [0.4, 0.5) is 0 Å². The van der Waals surface area contributed by atoms with Gasteiger partial charge in [-0.2, -0.15) is 0 Å². The SMILES string of the molecule is Cn1cccc1CN(Cc1ccco1)C(=O)C1CC1c1ccccc1. The molecule has 2 aromatic heterocycles. The van der Waals surface area contributed by atoms with Gasteiger partial charge in [-0.05, 0) is 42.2 Å². The number of hydrogen-bond donors (Lipinski definition) is 0. The molecule has 1 aliphatic carbocycles. The smallest absolute Gasteiger partial charge is 0.227 e. The molecule has 25 heavy (non-hydrogen) atoms. The third-order valence-electron chi connectivity index (χ3n) is 4.98. The van der Waals surface area contributed by atoms with Crippen molar-refractivity contribution in [1.82, 2.24) is 9.47 Å². The van der Waals surface area contributed by atoms with E-state index in [9.17, 15) is 4.79 Å². The summed E-state index contributed by atoms with van der Waals surface area (Å²) in [5.74, 6) is 1.46. The molecule has 1 fully saturated rings. The van der Waals surface area contributed by atoms with Gasteiger partial charge in [0.15, 0.2) is 0 Å². The van der Waals surface area contributed by atoms with Gasteiger partial charge in [0, 0.05) is 24.9 Å².